The molecule has 0 amide bonds. The van der Waals surface area contributed by atoms with E-state index in [1.54, 1.807) is 24.5 Å². The smallest absolute Gasteiger partial charge is 0.151 e. The summed E-state index contributed by atoms with van der Waals surface area (Å²) in [5.74, 6) is -0.429. The lowest BCUT2D eigenvalue weighted by molar-refractivity contribution is 0.112. The van der Waals surface area contributed by atoms with Crippen molar-refractivity contribution in [3.05, 3.63) is 58.6 Å². The van der Waals surface area contributed by atoms with Crippen molar-refractivity contribution < 1.29 is 9.18 Å². The number of aldehydes is 1. The normalized spacial score (nSPS) is 10.4. The number of carbonyl (C=O) groups is 1. The van der Waals surface area contributed by atoms with E-state index in [1.165, 1.54) is 12.1 Å². The standard InChI is InChI=1S/C12H9ClFNO/c13-11-2-1-9(5-12(11)14)6-15-4-3-10(7-15)8-16/h1-5,7-8H,6H2. The largest absolute Gasteiger partial charge is 0.349 e. The van der Waals surface area contributed by atoms with Crippen LogP contribution in [0.2, 0.25) is 5.02 Å². The fourth-order valence-electron chi connectivity index (χ4n) is 1.48. The first-order valence-corrected chi connectivity index (χ1v) is 5.12. The van der Waals surface area contributed by atoms with E-state index in [4.69, 9.17) is 11.6 Å². The molecule has 0 fully saturated rings. The summed E-state index contributed by atoms with van der Waals surface area (Å²) in [5, 5.41) is 0.116. The van der Waals surface area contributed by atoms with Crippen LogP contribution in [0, 0.1) is 5.82 Å². The Kier molecular flexibility index (Phi) is 3.06. The lowest BCUT2D eigenvalue weighted by Crippen LogP contribution is -1.97. The highest BCUT2D eigenvalue weighted by Crippen LogP contribution is 2.16. The van der Waals surface area contributed by atoms with Crippen LogP contribution in [0.15, 0.2) is 36.7 Å². The van der Waals surface area contributed by atoms with E-state index >= 15 is 0 Å². The van der Waals surface area contributed by atoms with Crippen molar-refractivity contribution in [1.82, 2.24) is 4.57 Å². The topological polar surface area (TPSA) is 22.0 Å². The van der Waals surface area contributed by atoms with Crippen LogP contribution in [0.4, 0.5) is 4.39 Å². The number of rotatable bonds is 3. The van der Waals surface area contributed by atoms with Gasteiger partial charge >= 0.3 is 0 Å². The van der Waals surface area contributed by atoms with Gasteiger partial charge in [0.1, 0.15) is 5.82 Å². The number of hydrogen-bond acceptors (Lipinski definition) is 1. The van der Waals surface area contributed by atoms with Gasteiger partial charge in [-0.3, -0.25) is 4.79 Å². The monoisotopic (exact) mass is 237 g/mol. The molecule has 0 radical (unpaired) electrons. The number of halogens is 2. The third-order valence-electron chi connectivity index (χ3n) is 2.26. The summed E-state index contributed by atoms with van der Waals surface area (Å²) in [6.45, 7) is 0.516. The van der Waals surface area contributed by atoms with Crippen molar-refractivity contribution in [1.29, 1.82) is 0 Å². The molecule has 1 aromatic carbocycles. The maximum Gasteiger partial charge on any atom is 0.151 e. The van der Waals surface area contributed by atoms with Crippen molar-refractivity contribution in [2.45, 2.75) is 6.54 Å². The molecule has 16 heavy (non-hydrogen) atoms. The SMILES string of the molecule is O=Cc1ccn(Cc2ccc(Cl)c(F)c2)c1. The molecular formula is C12H9ClFNO. The summed E-state index contributed by atoms with van der Waals surface area (Å²) < 4.78 is 15.0. The van der Waals surface area contributed by atoms with Gasteiger partial charge in [0, 0.05) is 24.5 Å². The molecular weight excluding hydrogens is 229 g/mol. The lowest BCUT2D eigenvalue weighted by atomic mass is 10.2. The van der Waals surface area contributed by atoms with Gasteiger partial charge < -0.3 is 4.57 Å². The molecule has 1 heterocycles. The molecule has 1 aromatic heterocycles. The second-order valence-corrected chi connectivity index (χ2v) is 3.89. The summed E-state index contributed by atoms with van der Waals surface area (Å²) in [6.07, 6.45) is 4.26. The van der Waals surface area contributed by atoms with Gasteiger partial charge in [0.2, 0.25) is 0 Å². The molecule has 0 N–H and O–H groups in total. The van der Waals surface area contributed by atoms with Crippen molar-refractivity contribution in [3.8, 4) is 0 Å². The van der Waals surface area contributed by atoms with E-state index in [0.717, 1.165) is 11.8 Å². The average molecular weight is 238 g/mol. The Labute approximate surface area is 97.3 Å². The Morgan fingerprint density at radius 1 is 1.38 bits per heavy atom. The molecule has 0 aliphatic heterocycles. The highest BCUT2D eigenvalue weighted by molar-refractivity contribution is 6.30. The third kappa shape index (κ3) is 2.31. The first-order chi connectivity index (χ1) is 7.69. The van der Waals surface area contributed by atoms with E-state index in [9.17, 15) is 9.18 Å². The van der Waals surface area contributed by atoms with Crippen LogP contribution in [0.3, 0.4) is 0 Å². The van der Waals surface area contributed by atoms with Crippen molar-refractivity contribution in [3.63, 3.8) is 0 Å². The summed E-state index contributed by atoms with van der Waals surface area (Å²) >= 11 is 5.58. The van der Waals surface area contributed by atoms with E-state index in [1.807, 2.05) is 4.57 Å². The number of hydrogen-bond donors (Lipinski definition) is 0. The zero-order valence-corrected chi connectivity index (χ0v) is 9.12. The third-order valence-corrected chi connectivity index (χ3v) is 2.57. The molecule has 0 aliphatic rings. The first-order valence-electron chi connectivity index (χ1n) is 4.74. The fourth-order valence-corrected chi connectivity index (χ4v) is 1.59. The second-order valence-electron chi connectivity index (χ2n) is 3.48. The minimum absolute atomic E-state index is 0.116. The molecule has 2 rings (SSSR count). The Hall–Kier alpha value is -1.61. The predicted octanol–water partition coefficient (Wildman–Crippen LogP) is 3.14. The maximum absolute atomic E-state index is 13.2. The maximum atomic E-state index is 13.2. The molecule has 0 saturated carbocycles. The van der Waals surface area contributed by atoms with Crippen molar-refractivity contribution >= 4 is 17.9 Å². The minimum Gasteiger partial charge on any atom is -0.349 e. The minimum atomic E-state index is -0.429. The summed E-state index contributed by atoms with van der Waals surface area (Å²) in [4.78, 5) is 10.5. The van der Waals surface area contributed by atoms with Gasteiger partial charge in [-0.05, 0) is 23.8 Å². The van der Waals surface area contributed by atoms with Crippen LogP contribution in [0.25, 0.3) is 0 Å². The molecule has 2 aromatic rings. The zero-order chi connectivity index (χ0) is 11.5. The lowest BCUT2D eigenvalue weighted by Gasteiger charge is -2.03. The number of carbonyl (C=O) groups excluding carboxylic acids is 1. The Morgan fingerprint density at radius 3 is 2.81 bits per heavy atom. The quantitative estimate of drug-likeness (QED) is 0.752. The number of benzene rings is 1. The zero-order valence-electron chi connectivity index (χ0n) is 8.36. The first kappa shape index (κ1) is 10.9. The van der Waals surface area contributed by atoms with E-state index < -0.39 is 5.82 Å². The predicted molar refractivity (Wildman–Crippen MR) is 60.3 cm³/mol. The van der Waals surface area contributed by atoms with Gasteiger partial charge in [-0.2, -0.15) is 0 Å². The van der Waals surface area contributed by atoms with Gasteiger partial charge in [-0.25, -0.2) is 4.39 Å². The molecule has 0 unspecified atom stereocenters. The summed E-state index contributed by atoms with van der Waals surface area (Å²) in [6, 6.07) is 6.38. The highest BCUT2D eigenvalue weighted by Gasteiger charge is 2.02. The van der Waals surface area contributed by atoms with E-state index in [2.05, 4.69) is 0 Å². The van der Waals surface area contributed by atoms with Gasteiger partial charge in [0.05, 0.1) is 5.02 Å². The summed E-state index contributed by atoms with van der Waals surface area (Å²) in [7, 11) is 0. The molecule has 0 saturated heterocycles. The number of nitrogens with zero attached hydrogens (tertiary/aromatic N) is 1. The molecule has 0 bridgehead atoms. The van der Waals surface area contributed by atoms with Crippen LogP contribution in [0.5, 0.6) is 0 Å². The molecule has 0 aliphatic carbocycles. The van der Waals surface area contributed by atoms with E-state index in [0.29, 0.717) is 12.1 Å². The highest BCUT2D eigenvalue weighted by atomic mass is 35.5. The Bertz CT molecular complexity index is 521. The van der Waals surface area contributed by atoms with Crippen LogP contribution >= 0.6 is 11.6 Å². The van der Waals surface area contributed by atoms with Crippen LogP contribution in [0.1, 0.15) is 15.9 Å². The number of aromatic nitrogens is 1. The van der Waals surface area contributed by atoms with Gasteiger partial charge in [0.25, 0.3) is 0 Å². The fraction of sp³-hybridized carbons (Fsp3) is 0.0833. The Balaban J connectivity index is 2.20. The molecule has 0 spiro atoms. The van der Waals surface area contributed by atoms with Gasteiger partial charge in [-0.1, -0.05) is 17.7 Å². The molecule has 0 atom stereocenters. The van der Waals surface area contributed by atoms with Crippen LogP contribution in [-0.4, -0.2) is 10.9 Å². The molecule has 4 heteroatoms. The van der Waals surface area contributed by atoms with Crippen LogP contribution < -0.4 is 0 Å². The molecule has 2 nitrogen and oxygen atoms in total. The van der Waals surface area contributed by atoms with Crippen molar-refractivity contribution in [2.24, 2.45) is 0 Å². The molecule has 82 valence electrons. The van der Waals surface area contributed by atoms with Crippen LogP contribution in [-0.2, 0) is 6.54 Å². The van der Waals surface area contributed by atoms with Crippen molar-refractivity contribution in [2.75, 3.05) is 0 Å². The Morgan fingerprint density at radius 2 is 2.19 bits per heavy atom. The van der Waals surface area contributed by atoms with E-state index in [-0.39, 0.29) is 5.02 Å². The van der Waals surface area contributed by atoms with Gasteiger partial charge in [-0.15, -0.1) is 0 Å². The van der Waals surface area contributed by atoms with Gasteiger partial charge in [0.15, 0.2) is 6.29 Å². The average Bonchev–Trinajstić information content (AvgIpc) is 2.71. The second kappa shape index (κ2) is 4.49. The summed E-state index contributed by atoms with van der Waals surface area (Å²) in [5.41, 5.74) is 1.41.